The van der Waals surface area contributed by atoms with Crippen molar-refractivity contribution >= 4 is 11.4 Å². The second-order valence-corrected chi connectivity index (χ2v) is 5.89. The van der Waals surface area contributed by atoms with Gasteiger partial charge in [-0.15, -0.1) is 0 Å². The van der Waals surface area contributed by atoms with Gasteiger partial charge in [0.25, 0.3) is 5.69 Å². The fourth-order valence-electron chi connectivity index (χ4n) is 3.12. The first-order valence-corrected chi connectivity index (χ1v) is 7.93. The van der Waals surface area contributed by atoms with Gasteiger partial charge in [-0.3, -0.25) is 15.0 Å². The van der Waals surface area contributed by atoms with Crippen molar-refractivity contribution in [3.63, 3.8) is 0 Å². The maximum Gasteiger partial charge on any atom is 0.269 e. The van der Waals surface area contributed by atoms with Crippen molar-refractivity contribution in [1.82, 2.24) is 4.90 Å². The average Bonchev–Trinajstić information content (AvgIpc) is 2.62. The van der Waals surface area contributed by atoms with E-state index >= 15 is 0 Å². The summed E-state index contributed by atoms with van der Waals surface area (Å²) < 4.78 is 0. The summed E-state index contributed by atoms with van der Waals surface area (Å²) in [5, 5.41) is 10.9. The Morgan fingerprint density at radius 1 is 1.00 bits per heavy atom. The van der Waals surface area contributed by atoms with E-state index in [1.54, 1.807) is 18.2 Å². The Bertz CT molecular complexity index is 667. The van der Waals surface area contributed by atoms with E-state index in [9.17, 15) is 10.1 Å². The lowest BCUT2D eigenvalue weighted by Crippen LogP contribution is -2.47. The smallest absolute Gasteiger partial charge is 0.269 e. The molecule has 0 spiro atoms. The minimum atomic E-state index is -0.330. The third-order valence-corrected chi connectivity index (χ3v) is 4.55. The molecule has 1 saturated heterocycles. The highest BCUT2D eigenvalue weighted by molar-refractivity contribution is 5.46. The van der Waals surface area contributed by atoms with Gasteiger partial charge < -0.3 is 4.90 Å². The van der Waals surface area contributed by atoms with Crippen LogP contribution in [-0.4, -0.2) is 36.0 Å². The van der Waals surface area contributed by atoms with E-state index in [0.29, 0.717) is 0 Å². The number of nitro benzene ring substituents is 1. The fraction of sp³-hybridized carbons (Fsp3) is 0.333. The normalized spacial score (nSPS) is 17.0. The first-order chi connectivity index (χ1) is 11.1. The van der Waals surface area contributed by atoms with E-state index in [2.05, 4.69) is 41.0 Å². The number of non-ortho nitro benzene ring substituents is 1. The third kappa shape index (κ3) is 3.51. The Kier molecular flexibility index (Phi) is 4.57. The Morgan fingerprint density at radius 2 is 1.70 bits per heavy atom. The number of nitro groups is 1. The Labute approximate surface area is 136 Å². The molecule has 1 aliphatic heterocycles. The topological polar surface area (TPSA) is 49.6 Å². The van der Waals surface area contributed by atoms with E-state index in [4.69, 9.17) is 0 Å². The zero-order valence-corrected chi connectivity index (χ0v) is 13.3. The lowest BCUT2D eigenvalue weighted by atomic mass is 10.1. The molecule has 0 bridgehead atoms. The summed E-state index contributed by atoms with van der Waals surface area (Å²) in [6, 6.07) is 17.6. The predicted molar refractivity (Wildman–Crippen MR) is 91.7 cm³/mol. The molecular formula is C18H21N3O2. The molecule has 2 aromatic carbocycles. The summed E-state index contributed by atoms with van der Waals surface area (Å²) in [5.74, 6) is 0. The van der Waals surface area contributed by atoms with Gasteiger partial charge in [-0.1, -0.05) is 30.3 Å². The fourth-order valence-corrected chi connectivity index (χ4v) is 3.12. The van der Waals surface area contributed by atoms with Gasteiger partial charge in [0.05, 0.1) is 4.92 Å². The van der Waals surface area contributed by atoms with Crippen LogP contribution in [0.2, 0.25) is 0 Å². The Morgan fingerprint density at radius 3 is 2.35 bits per heavy atom. The van der Waals surface area contributed by atoms with Crippen LogP contribution < -0.4 is 4.90 Å². The van der Waals surface area contributed by atoms with Gasteiger partial charge in [0, 0.05) is 50.0 Å². The second-order valence-electron chi connectivity index (χ2n) is 5.89. The molecule has 5 nitrogen and oxygen atoms in total. The Hall–Kier alpha value is -2.40. The first-order valence-electron chi connectivity index (χ1n) is 7.93. The molecule has 0 N–H and O–H groups in total. The molecule has 0 saturated carbocycles. The molecule has 1 fully saturated rings. The summed E-state index contributed by atoms with van der Waals surface area (Å²) in [6.45, 7) is 5.99. The molecule has 1 aliphatic rings. The van der Waals surface area contributed by atoms with Crippen LogP contribution in [0.25, 0.3) is 0 Å². The molecule has 23 heavy (non-hydrogen) atoms. The molecule has 0 aromatic heterocycles. The number of hydrogen-bond acceptors (Lipinski definition) is 4. The van der Waals surface area contributed by atoms with E-state index in [-0.39, 0.29) is 16.7 Å². The Balaban J connectivity index is 1.65. The van der Waals surface area contributed by atoms with Crippen molar-refractivity contribution in [2.75, 3.05) is 31.1 Å². The minimum Gasteiger partial charge on any atom is -0.369 e. The molecule has 3 rings (SSSR count). The van der Waals surface area contributed by atoms with Crippen LogP contribution in [-0.2, 0) is 0 Å². The molecule has 1 atom stereocenters. The number of nitrogens with zero attached hydrogens (tertiary/aromatic N) is 3. The third-order valence-electron chi connectivity index (χ3n) is 4.55. The van der Waals surface area contributed by atoms with Crippen LogP contribution in [0.15, 0.2) is 54.6 Å². The molecule has 2 aromatic rings. The number of piperazine rings is 1. The van der Waals surface area contributed by atoms with Crippen molar-refractivity contribution in [3.05, 3.63) is 70.3 Å². The highest BCUT2D eigenvalue weighted by atomic mass is 16.6. The van der Waals surface area contributed by atoms with E-state index in [0.717, 1.165) is 31.7 Å². The summed E-state index contributed by atoms with van der Waals surface area (Å²) in [5.41, 5.74) is 2.43. The number of para-hydroxylation sites is 1. The van der Waals surface area contributed by atoms with Crippen LogP contribution >= 0.6 is 0 Å². The maximum absolute atomic E-state index is 10.9. The number of anilines is 1. The molecule has 5 heteroatoms. The summed E-state index contributed by atoms with van der Waals surface area (Å²) >= 11 is 0. The van der Waals surface area contributed by atoms with Gasteiger partial charge in [0.15, 0.2) is 0 Å². The maximum atomic E-state index is 10.9. The van der Waals surface area contributed by atoms with Crippen LogP contribution in [0.5, 0.6) is 0 Å². The van der Waals surface area contributed by atoms with Crippen LogP contribution in [0, 0.1) is 10.1 Å². The monoisotopic (exact) mass is 311 g/mol. The zero-order valence-electron chi connectivity index (χ0n) is 13.3. The largest absolute Gasteiger partial charge is 0.369 e. The second kappa shape index (κ2) is 6.79. The van der Waals surface area contributed by atoms with Crippen LogP contribution in [0.1, 0.15) is 18.5 Å². The first kappa shape index (κ1) is 15.5. The molecule has 0 radical (unpaired) electrons. The molecule has 0 unspecified atom stereocenters. The molecule has 0 amide bonds. The van der Waals surface area contributed by atoms with Gasteiger partial charge in [-0.05, 0) is 24.6 Å². The van der Waals surface area contributed by atoms with Crippen LogP contribution in [0.3, 0.4) is 0 Å². The van der Waals surface area contributed by atoms with Crippen molar-refractivity contribution in [1.29, 1.82) is 0 Å². The lowest BCUT2D eigenvalue weighted by molar-refractivity contribution is -0.384. The van der Waals surface area contributed by atoms with Gasteiger partial charge in [0.2, 0.25) is 0 Å². The van der Waals surface area contributed by atoms with Crippen molar-refractivity contribution < 1.29 is 4.92 Å². The number of hydrogen-bond donors (Lipinski definition) is 0. The van der Waals surface area contributed by atoms with Crippen molar-refractivity contribution in [3.8, 4) is 0 Å². The van der Waals surface area contributed by atoms with Crippen molar-refractivity contribution in [2.45, 2.75) is 13.0 Å². The summed E-state index contributed by atoms with van der Waals surface area (Å²) in [4.78, 5) is 15.4. The molecule has 0 aliphatic carbocycles. The highest BCUT2D eigenvalue weighted by Gasteiger charge is 2.23. The number of rotatable bonds is 4. The van der Waals surface area contributed by atoms with Gasteiger partial charge in [-0.2, -0.15) is 0 Å². The minimum absolute atomic E-state index is 0.164. The highest BCUT2D eigenvalue weighted by Crippen LogP contribution is 2.26. The molecular weight excluding hydrogens is 290 g/mol. The average molecular weight is 311 g/mol. The predicted octanol–water partition coefficient (Wildman–Crippen LogP) is 3.48. The SMILES string of the molecule is C[C@H](c1cccc([N+](=O)[O-])c1)N1CCN(c2ccccc2)CC1. The standard InChI is InChI=1S/C18H21N3O2/c1-15(16-6-5-9-18(14-16)21(22)23)19-10-12-20(13-11-19)17-7-3-2-4-8-17/h2-9,14-15H,10-13H2,1H3/t15-/m1/s1. The summed E-state index contributed by atoms with van der Waals surface area (Å²) in [6.07, 6.45) is 0. The van der Waals surface area contributed by atoms with Crippen LogP contribution in [0.4, 0.5) is 11.4 Å². The zero-order chi connectivity index (χ0) is 16.2. The van der Waals surface area contributed by atoms with E-state index in [1.165, 1.54) is 5.69 Å². The van der Waals surface area contributed by atoms with Gasteiger partial charge in [-0.25, -0.2) is 0 Å². The molecule has 1 heterocycles. The van der Waals surface area contributed by atoms with Gasteiger partial charge >= 0.3 is 0 Å². The van der Waals surface area contributed by atoms with E-state index in [1.807, 2.05) is 12.1 Å². The van der Waals surface area contributed by atoms with E-state index < -0.39 is 0 Å². The molecule has 120 valence electrons. The quantitative estimate of drug-likeness (QED) is 0.641. The summed E-state index contributed by atoms with van der Waals surface area (Å²) in [7, 11) is 0. The van der Waals surface area contributed by atoms with Crippen molar-refractivity contribution in [2.24, 2.45) is 0 Å². The van der Waals surface area contributed by atoms with Gasteiger partial charge in [0.1, 0.15) is 0 Å². The number of benzene rings is 2. The lowest BCUT2D eigenvalue weighted by Gasteiger charge is -2.39.